The zero-order chi connectivity index (χ0) is 27.8. The predicted molar refractivity (Wildman–Crippen MR) is 143 cm³/mol. The fourth-order valence-electron chi connectivity index (χ4n) is 5.68. The highest BCUT2D eigenvalue weighted by atomic mass is 79.9. The number of benzene rings is 1. The molecule has 5 rings (SSSR count). The van der Waals surface area contributed by atoms with E-state index >= 15 is 0 Å². The summed E-state index contributed by atoms with van der Waals surface area (Å²) >= 11 is 3.38. The highest BCUT2D eigenvalue weighted by Gasteiger charge is 2.46. The number of nitrogens with one attached hydrogen (secondary N) is 2. The Morgan fingerprint density at radius 2 is 1.87 bits per heavy atom. The average Bonchev–Trinajstić information content (AvgIpc) is 3.31. The van der Waals surface area contributed by atoms with Crippen molar-refractivity contribution in [3.8, 4) is 5.88 Å². The van der Waals surface area contributed by atoms with Gasteiger partial charge < -0.3 is 36.0 Å². The molecule has 0 amide bonds. The fourth-order valence-corrected chi connectivity index (χ4v) is 6.03. The van der Waals surface area contributed by atoms with Crippen molar-refractivity contribution < 1.29 is 27.8 Å². The lowest BCUT2D eigenvalue weighted by Crippen LogP contribution is -2.44. The van der Waals surface area contributed by atoms with Gasteiger partial charge in [0.25, 0.3) is 0 Å². The summed E-state index contributed by atoms with van der Waals surface area (Å²) in [4.78, 5) is 23.5. The Morgan fingerprint density at radius 1 is 1.15 bits per heavy atom. The Bertz CT molecular complexity index is 1200. The highest BCUT2D eigenvalue weighted by molar-refractivity contribution is 9.10. The smallest absolute Gasteiger partial charge is 0.429 e. The van der Waals surface area contributed by atoms with Gasteiger partial charge in [0, 0.05) is 67.6 Å². The van der Waals surface area contributed by atoms with Gasteiger partial charge in [-0.05, 0) is 36.8 Å². The van der Waals surface area contributed by atoms with Gasteiger partial charge in [-0.15, -0.1) is 0 Å². The number of rotatable bonds is 6. The molecule has 10 nitrogen and oxygen atoms in total. The van der Waals surface area contributed by atoms with Crippen molar-refractivity contribution in [2.24, 2.45) is 5.41 Å². The summed E-state index contributed by atoms with van der Waals surface area (Å²) in [6.07, 6.45) is -4.99. The number of hydrogen-bond donors (Lipinski definition) is 4. The molecule has 0 unspecified atom stereocenters. The Kier molecular flexibility index (Phi) is 7.80. The molecule has 1 spiro atoms. The Hall–Kier alpha value is -2.84. The van der Waals surface area contributed by atoms with Crippen LogP contribution in [0.1, 0.15) is 30.9 Å². The molecular weight excluding hydrogens is 583 g/mol. The average molecular weight is 614 g/mol. The van der Waals surface area contributed by atoms with Crippen LogP contribution in [0.3, 0.4) is 0 Å². The van der Waals surface area contributed by atoms with Gasteiger partial charge in [0.15, 0.2) is 0 Å². The van der Waals surface area contributed by atoms with E-state index < -0.39 is 24.3 Å². The third-order valence-corrected chi connectivity index (χ3v) is 8.27. The Morgan fingerprint density at radius 3 is 2.51 bits per heavy atom. The first kappa shape index (κ1) is 27.7. The van der Waals surface area contributed by atoms with Gasteiger partial charge in [0.2, 0.25) is 17.9 Å². The van der Waals surface area contributed by atoms with Crippen molar-refractivity contribution in [2.75, 3.05) is 61.3 Å². The minimum atomic E-state index is -4.72. The summed E-state index contributed by atoms with van der Waals surface area (Å²) < 4.78 is 49.6. The van der Waals surface area contributed by atoms with E-state index in [-0.39, 0.29) is 22.8 Å². The zero-order valence-corrected chi connectivity index (χ0v) is 22.8. The second kappa shape index (κ2) is 11.0. The van der Waals surface area contributed by atoms with E-state index in [1.54, 1.807) is 12.1 Å². The van der Waals surface area contributed by atoms with Gasteiger partial charge in [-0.1, -0.05) is 22.0 Å². The number of halogens is 4. The van der Waals surface area contributed by atoms with E-state index in [1.165, 1.54) is 12.1 Å². The summed E-state index contributed by atoms with van der Waals surface area (Å²) in [7, 11) is 0. The van der Waals surface area contributed by atoms with Crippen molar-refractivity contribution in [2.45, 2.75) is 37.6 Å². The van der Waals surface area contributed by atoms with Crippen molar-refractivity contribution >= 4 is 39.4 Å². The van der Waals surface area contributed by atoms with Gasteiger partial charge in [0.1, 0.15) is 11.9 Å². The molecule has 2 aromatic rings. The molecule has 1 aromatic carbocycles. The van der Waals surface area contributed by atoms with Crippen LogP contribution in [-0.4, -0.2) is 79.1 Å². The monoisotopic (exact) mass is 613 g/mol. The van der Waals surface area contributed by atoms with Gasteiger partial charge in [-0.3, -0.25) is 4.79 Å². The summed E-state index contributed by atoms with van der Waals surface area (Å²) in [5.41, 5.74) is 6.23. The molecule has 0 radical (unpaired) electrons. The van der Waals surface area contributed by atoms with Crippen molar-refractivity contribution in [3.05, 3.63) is 34.3 Å². The number of carboxylic acid groups (broad SMARTS) is 1. The molecule has 3 saturated heterocycles. The minimum absolute atomic E-state index is 0.00651. The normalized spacial score (nSPS) is 22.2. The Balaban J connectivity index is 1.37. The molecule has 3 fully saturated rings. The first-order valence-electron chi connectivity index (χ1n) is 12.9. The number of nitrogens with zero attached hydrogens (tertiary/aromatic N) is 4. The lowest BCUT2D eigenvalue weighted by Gasteiger charge is -2.39. The molecule has 4 heterocycles. The van der Waals surface area contributed by atoms with Crippen LogP contribution in [0.25, 0.3) is 0 Å². The van der Waals surface area contributed by atoms with Gasteiger partial charge >= 0.3 is 12.1 Å². The van der Waals surface area contributed by atoms with E-state index in [1.807, 2.05) is 9.80 Å². The number of nitrogens with two attached hydrogens (primary N) is 1. The Labute approximate surface area is 232 Å². The molecule has 0 bridgehead atoms. The number of aromatic nitrogens is 2. The predicted octanol–water partition coefficient (Wildman–Crippen LogP) is 2.95. The lowest BCUT2D eigenvalue weighted by atomic mass is 9.76. The number of nitrogen functional groups attached to an aromatic ring is 1. The SMILES string of the molecule is Nc1nc(O[C@H](c2ccc(Br)cc2N2CCNCC2)C(F)(F)F)cc(N2CCC3(CC2)CN[C@H](C(=O)O)C3)n1. The van der Waals surface area contributed by atoms with E-state index in [4.69, 9.17) is 10.5 Å². The zero-order valence-electron chi connectivity index (χ0n) is 21.2. The van der Waals surface area contributed by atoms with Crippen molar-refractivity contribution in [1.29, 1.82) is 0 Å². The number of piperazine rings is 1. The lowest BCUT2D eigenvalue weighted by molar-refractivity contribution is -0.198. The van der Waals surface area contributed by atoms with Crippen molar-refractivity contribution in [1.82, 2.24) is 20.6 Å². The van der Waals surface area contributed by atoms with Crippen LogP contribution in [0.15, 0.2) is 28.7 Å². The second-order valence-electron chi connectivity index (χ2n) is 10.4. The number of hydrogen-bond acceptors (Lipinski definition) is 9. The maximum atomic E-state index is 14.5. The van der Waals surface area contributed by atoms with Gasteiger partial charge in [-0.25, -0.2) is 0 Å². The summed E-state index contributed by atoms with van der Waals surface area (Å²) in [6, 6.07) is 5.51. The number of carboxylic acids is 1. The van der Waals surface area contributed by atoms with E-state index in [2.05, 4.69) is 36.5 Å². The van der Waals surface area contributed by atoms with Crippen LogP contribution >= 0.6 is 15.9 Å². The largest absolute Gasteiger partial charge is 0.480 e. The number of ether oxygens (including phenoxy) is 1. The molecule has 1 aromatic heterocycles. The van der Waals surface area contributed by atoms with Crippen LogP contribution in [-0.2, 0) is 4.79 Å². The molecule has 0 saturated carbocycles. The van der Waals surface area contributed by atoms with Gasteiger partial charge in [0.05, 0.1) is 0 Å². The molecule has 5 N–H and O–H groups in total. The second-order valence-corrected chi connectivity index (χ2v) is 11.3. The summed E-state index contributed by atoms with van der Waals surface area (Å²) in [6.45, 7) is 4.21. The molecule has 0 aliphatic carbocycles. The standard InChI is InChI=1S/C25H31BrF3N7O3/c26-15-1-2-16(18(11-15)35-9-5-31-6-10-35)21(25(27,28)29)39-20-12-19(33-23(30)34-20)36-7-3-24(4-8-36)13-17(22(37)38)32-14-24/h1-2,11-12,17,21,31-32H,3-10,13-14H2,(H,37,38)(H2,30,33,34)/t17-,21+/m0/s1. The van der Waals surface area contributed by atoms with Crippen LogP contribution in [0.2, 0.25) is 0 Å². The minimum Gasteiger partial charge on any atom is -0.480 e. The third kappa shape index (κ3) is 6.17. The molecular formula is C25H31BrF3N7O3. The number of anilines is 3. The molecule has 39 heavy (non-hydrogen) atoms. The third-order valence-electron chi connectivity index (χ3n) is 7.78. The summed E-state index contributed by atoms with van der Waals surface area (Å²) in [5.74, 6) is -0.921. The van der Waals surface area contributed by atoms with Crippen LogP contribution in [0.4, 0.5) is 30.6 Å². The number of carbonyl (C=O) groups is 1. The fraction of sp³-hybridized carbons (Fsp3) is 0.560. The number of aliphatic carboxylic acids is 1. The van der Waals surface area contributed by atoms with Gasteiger partial charge in [-0.2, -0.15) is 23.1 Å². The molecule has 212 valence electrons. The summed E-state index contributed by atoms with van der Waals surface area (Å²) in [5, 5.41) is 15.6. The molecule has 3 aliphatic heterocycles. The molecule has 3 aliphatic rings. The quantitative estimate of drug-likeness (QED) is 0.386. The maximum Gasteiger partial charge on any atom is 0.429 e. The van der Waals surface area contributed by atoms with Crippen LogP contribution in [0.5, 0.6) is 5.88 Å². The maximum absolute atomic E-state index is 14.5. The molecule has 2 atom stereocenters. The number of alkyl halides is 3. The van der Waals surface area contributed by atoms with E-state index in [0.717, 1.165) is 12.8 Å². The van der Waals surface area contributed by atoms with E-state index in [0.29, 0.717) is 68.2 Å². The first-order valence-corrected chi connectivity index (χ1v) is 13.7. The molecule has 14 heteroatoms. The van der Waals surface area contributed by atoms with Crippen LogP contribution in [0, 0.1) is 5.41 Å². The topological polar surface area (TPSA) is 129 Å². The van der Waals surface area contributed by atoms with E-state index in [9.17, 15) is 23.1 Å². The number of piperidine rings is 1. The first-order chi connectivity index (χ1) is 18.5. The van der Waals surface area contributed by atoms with Crippen LogP contribution < -0.4 is 30.9 Å². The van der Waals surface area contributed by atoms with Crippen molar-refractivity contribution in [3.63, 3.8) is 0 Å². The highest BCUT2D eigenvalue weighted by Crippen LogP contribution is 2.43.